The first-order chi connectivity index (χ1) is 6.52. The highest BCUT2D eigenvalue weighted by Gasteiger charge is 2.35. The third-order valence-corrected chi connectivity index (χ3v) is 2.12. The number of halogens is 2. The molecular weight excluding hydrogens is 194 g/mol. The number of aryl methyl sites for hydroxylation is 1. The predicted octanol–water partition coefficient (Wildman–Crippen LogP) is 1.43. The first kappa shape index (κ1) is 9.08. The molecule has 0 spiro atoms. The summed E-state index contributed by atoms with van der Waals surface area (Å²) in [4.78, 5) is 11.1. The molecular formula is C9H6F2O3. The molecule has 1 aromatic rings. The van der Waals surface area contributed by atoms with Crippen molar-refractivity contribution in [2.24, 2.45) is 0 Å². The molecule has 0 aromatic heterocycles. The van der Waals surface area contributed by atoms with Crippen LogP contribution in [0.5, 0.6) is 0 Å². The standard InChI is InChI=1S/C9H6F2O3/c1-3-2-4(10)7(11)6-5(3)8(12)14-9(6)13/h2,9,13H,1H3. The number of hydrogen-bond acceptors (Lipinski definition) is 3. The summed E-state index contributed by atoms with van der Waals surface area (Å²) in [5, 5.41) is 9.13. The zero-order chi connectivity index (χ0) is 10.5. The largest absolute Gasteiger partial charge is 0.428 e. The van der Waals surface area contributed by atoms with E-state index in [2.05, 4.69) is 4.74 Å². The van der Waals surface area contributed by atoms with Crippen LogP contribution in [0.4, 0.5) is 8.78 Å². The third kappa shape index (κ3) is 1.02. The number of rotatable bonds is 0. The van der Waals surface area contributed by atoms with Gasteiger partial charge in [-0.1, -0.05) is 0 Å². The molecule has 1 atom stereocenters. The van der Waals surface area contributed by atoms with Crippen LogP contribution in [0.2, 0.25) is 0 Å². The lowest BCUT2D eigenvalue weighted by atomic mass is 10.0. The molecule has 74 valence electrons. The maximum atomic E-state index is 13.1. The average molecular weight is 200 g/mol. The minimum absolute atomic E-state index is 0.0867. The highest BCUT2D eigenvalue weighted by Crippen LogP contribution is 2.34. The SMILES string of the molecule is Cc1cc(F)c(F)c2c1C(=O)OC2O. The van der Waals surface area contributed by atoms with Crippen molar-refractivity contribution >= 4 is 5.97 Å². The minimum Gasteiger partial charge on any atom is -0.428 e. The van der Waals surface area contributed by atoms with E-state index < -0.39 is 29.5 Å². The molecule has 0 aliphatic carbocycles. The Kier molecular flexibility index (Phi) is 1.78. The lowest BCUT2D eigenvalue weighted by molar-refractivity contribution is -0.0564. The zero-order valence-electron chi connectivity index (χ0n) is 7.17. The minimum atomic E-state index is -1.70. The quantitative estimate of drug-likeness (QED) is 0.644. The molecule has 0 radical (unpaired) electrons. The van der Waals surface area contributed by atoms with Gasteiger partial charge in [0.2, 0.25) is 6.29 Å². The summed E-state index contributed by atoms with van der Waals surface area (Å²) < 4.78 is 30.4. The van der Waals surface area contributed by atoms with E-state index in [-0.39, 0.29) is 11.1 Å². The van der Waals surface area contributed by atoms with Crippen LogP contribution < -0.4 is 0 Å². The van der Waals surface area contributed by atoms with Crippen LogP contribution in [-0.2, 0) is 4.74 Å². The average Bonchev–Trinajstić information content (AvgIpc) is 2.38. The predicted molar refractivity (Wildman–Crippen MR) is 41.5 cm³/mol. The molecule has 14 heavy (non-hydrogen) atoms. The van der Waals surface area contributed by atoms with E-state index in [0.29, 0.717) is 0 Å². The van der Waals surface area contributed by atoms with E-state index in [1.54, 1.807) is 0 Å². The highest BCUT2D eigenvalue weighted by atomic mass is 19.2. The number of fused-ring (bicyclic) bond motifs is 1. The number of cyclic esters (lactones) is 1. The molecule has 1 unspecified atom stereocenters. The number of carbonyl (C=O) groups is 1. The Balaban J connectivity index is 2.79. The fourth-order valence-corrected chi connectivity index (χ4v) is 1.50. The number of hydrogen-bond donors (Lipinski definition) is 1. The highest BCUT2D eigenvalue weighted by molar-refractivity contribution is 5.95. The van der Waals surface area contributed by atoms with Crippen molar-refractivity contribution in [1.29, 1.82) is 0 Å². The number of ether oxygens (including phenoxy) is 1. The van der Waals surface area contributed by atoms with Crippen molar-refractivity contribution < 1.29 is 23.4 Å². The maximum Gasteiger partial charge on any atom is 0.341 e. The van der Waals surface area contributed by atoms with Crippen molar-refractivity contribution in [1.82, 2.24) is 0 Å². The van der Waals surface area contributed by atoms with Crippen molar-refractivity contribution in [2.45, 2.75) is 13.2 Å². The molecule has 0 amide bonds. The Morgan fingerprint density at radius 2 is 2.14 bits per heavy atom. The van der Waals surface area contributed by atoms with E-state index in [4.69, 9.17) is 5.11 Å². The molecule has 1 heterocycles. The summed E-state index contributed by atoms with van der Waals surface area (Å²) in [5.41, 5.74) is -0.246. The van der Waals surface area contributed by atoms with Gasteiger partial charge < -0.3 is 9.84 Å². The van der Waals surface area contributed by atoms with Crippen molar-refractivity contribution in [2.75, 3.05) is 0 Å². The van der Waals surface area contributed by atoms with Crippen LogP contribution >= 0.6 is 0 Å². The van der Waals surface area contributed by atoms with Gasteiger partial charge in [-0.15, -0.1) is 0 Å². The number of esters is 1. The van der Waals surface area contributed by atoms with Crippen molar-refractivity contribution in [3.63, 3.8) is 0 Å². The molecule has 0 saturated heterocycles. The molecule has 0 bridgehead atoms. The van der Waals surface area contributed by atoms with Gasteiger partial charge in [-0.2, -0.15) is 0 Å². The first-order valence-corrected chi connectivity index (χ1v) is 3.90. The van der Waals surface area contributed by atoms with Gasteiger partial charge in [0.25, 0.3) is 0 Å². The monoisotopic (exact) mass is 200 g/mol. The van der Waals surface area contributed by atoms with Crippen molar-refractivity contribution in [3.8, 4) is 0 Å². The molecule has 0 saturated carbocycles. The van der Waals surface area contributed by atoms with E-state index in [9.17, 15) is 13.6 Å². The van der Waals surface area contributed by atoms with Crippen LogP contribution in [0.3, 0.4) is 0 Å². The van der Waals surface area contributed by atoms with Gasteiger partial charge >= 0.3 is 5.97 Å². The molecule has 1 aliphatic heterocycles. The summed E-state index contributed by atoms with van der Waals surface area (Å²) in [6.07, 6.45) is -1.70. The Bertz CT molecular complexity index is 429. The van der Waals surface area contributed by atoms with E-state index >= 15 is 0 Å². The Hall–Kier alpha value is -1.49. The van der Waals surface area contributed by atoms with Gasteiger partial charge in [-0.3, -0.25) is 0 Å². The molecule has 3 nitrogen and oxygen atoms in total. The van der Waals surface area contributed by atoms with Crippen LogP contribution in [0, 0.1) is 18.6 Å². The first-order valence-electron chi connectivity index (χ1n) is 3.90. The molecule has 1 aromatic carbocycles. The Morgan fingerprint density at radius 1 is 1.50 bits per heavy atom. The van der Waals surface area contributed by atoms with Crippen LogP contribution in [0.15, 0.2) is 6.07 Å². The van der Waals surface area contributed by atoms with Gasteiger partial charge in [-0.05, 0) is 18.6 Å². The lowest BCUT2D eigenvalue weighted by Crippen LogP contribution is -2.01. The fraction of sp³-hybridized carbons (Fsp3) is 0.222. The number of benzene rings is 1. The maximum absolute atomic E-state index is 13.1. The van der Waals surface area contributed by atoms with E-state index in [1.807, 2.05) is 0 Å². The number of carbonyl (C=O) groups excluding carboxylic acids is 1. The third-order valence-electron chi connectivity index (χ3n) is 2.12. The topological polar surface area (TPSA) is 46.5 Å². The normalized spacial score (nSPS) is 19.4. The second-order valence-corrected chi connectivity index (χ2v) is 3.04. The molecule has 2 rings (SSSR count). The molecule has 0 fully saturated rings. The van der Waals surface area contributed by atoms with Crippen LogP contribution in [0.25, 0.3) is 0 Å². The molecule has 1 aliphatic rings. The van der Waals surface area contributed by atoms with Crippen LogP contribution in [-0.4, -0.2) is 11.1 Å². The summed E-state index contributed by atoms with van der Waals surface area (Å²) in [7, 11) is 0. The summed E-state index contributed by atoms with van der Waals surface area (Å²) in [5.74, 6) is -3.16. The van der Waals surface area contributed by atoms with Gasteiger partial charge in [0.05, 0.1) is 11.1 Å². The Morgan fingerprint density at radius 3 is 2.79 bits per heavy atom. The van der Waals surface area contributed by atoms with Crippen LogP contribution in [0.1, 0.15) is 27.8 Å². The van der Waals surface area contributed by atoms with Gasteiger partial charge in [0.1, 0.15) is 0 Å². The van der Waals surface area contributed by atoms with E-state index in [1.165, 1.54) is 6.92 Å². The summed E-state index contributed by atoms with van der Waals surface area (Å²) >= 11 is 0. The van der Waals surface area contributed by atoms with Crippen molar-refractivity contribution in [3.05, 3.63) is 34.4 Å². The number of aliphatic hydroxyl groups is 1. The van der Waals surface area contributed by atoms with Gasteiger partial charge in [0, 0.05) is 0 Å². The second-order valence-electron chi connectivity index (χ2n) is 3.04. The van der Waals surface area contributed by atoms with Gasteiger partial charge in [0.15, 0.2) is 11.6 Å². The lowest BCUT2D eigenvalue weighted by Gasteiger charge is -2.04. The summed E-state index contributed by atoms with van der Waals surface area (Å²) in [6, 6.07) is 0.896. The molecule has 1 N–H and O–H groups in total. The Labute approximate surface area is 77.9 Å². The zero-order valence-corrected chi connectivity index (χ0v) is 7.17. The number of aliphatic hydroxyl groups excluding tert-OH is 1. The second kappa shape index (κ2) is 2.75. The van der Waals surface area contributed by atoms with E-state index in [0.717, 1.165) is 6.07 Å². The van der Waals surface area contributed by atoms with Gasteiger partial charge in [-0.25, -0.2) is 13.6 Å². The fourth-order valence-electron chi connectivity index (χ4n) is 1.50. The smallest absolute Gasteiger partial charge is 0.341 e. The molecule has 5 heteroatoms. The summed E-state index contributed by atoms with van der Waals surface area (Å²) in [6.45, 7) is 1.45.